The summed E-state index contributed by atoms with van der Waals surface area (Å²) in [6.45, 7) is 1.73. The van der Waals surface area contributed by atoms with Crippen LogP contribution in [0.2, 0.25) is 0 Å². The van der Waals surface area contributed by atoms with Gasteiger partial charge in [-0.05, 0) is 6.92 Å². The Morgan fingerprint density at radius 3 is 2.70 bits per heavy atom. The highest BCUT2D eigenvalue weighted by atomic mass is 19.1. The maximum absolute atomic E-state index is 11.5. The van der Waals surface area contributed by atoms with Crippen LogP contribution in [0.3, 0.4) is 0 Å². The Labute approximate surface area is 56.9 Å². The lowest BCUT2D eigenvalue weighted by Crippen LogP contribution is -2.02. The molecule has 0 aliphatic rings. The SMILES string of the molecule is CCO/C(=C/F)OC(=O)O. The Bertz CT molecular complexity index is 143. The first-order valence-electron chi connectivity index (χ1n) is 2.54. The van der Waals surface area contributed by atoms with Crippen LogP contribution < -0.4 is 0 Å². The molecule has 10 heavy (non-hydrogen) atoms. The molecule has 0 aromatic carbocycles. The number of ether oxygens (including phenoxy) is 2. The molecule has 0 saturated carbocycles. The summed E-state index contributed by atoms with van der Waals surface area (Å²) in [5.74, 6) is -0.644. The molecule has 0 unspecified atom stereocenters. The monoisotopic (exact) mass is 150 g/mol. The zero-order valence-electron chi connectivity index (χ0n) is 5.33. The van der Waals surface area contributed by atoms with Crippen molar-refractivity contribution >= 4 is 6.16 Å². The van der Waals surface area contributed by atoms with E-state index >= 15 is 0 Å². The standard InChI is InChI=1S/C5H7FO4/c1-2-9-4(3-6)10-5(7)8/h3H,2H2,1H3,(H,7,8)/b4-3-. The number of hydrogen-bond donors (Lipinski definition) is 1. The Balaban J connectivity index is 3.73. The van der Waals surface area contributed by atoms with E-state index in [4.69, 9.17) is 5.11 Å². The number of carboxylic acid groups (broad SMARTS) is 1. The molecule has 0 amide bonds. The number of hydrogen-bond acceptors (Lipinski definition) is 3. The molecule has 0 aliphatic carbocycles. The highest BCUT2D eigenvalue weighted by Gasteiger charge is 2.03. The van der Waals surface area contributed by atoms with E-state index < -0.39 is 12.1 Å². The van der Waals surface area contributed by atoms with Gasteiger partial charge in [0, 0.05) is 0 Å². The van der Waals surface area contributed by atoms with Crippen LogP contribution in [0.15, 0.2) is 12.3 Å². The van der Waals surface area contributed by atoms with Gasteiger partial charge in [0.05, 0.1) is 6.61 Å². The van der Waals surface area contributed by atoms with E-state index in [1.807, 2.05) is 0 Å². The molecule has 5 heteroatoms. The molecular weight excluding hydrogens is 143 g/mol. The van der Waals surface area contributed by atoms with Crippen LogP contribution in [0.4, 0.5) is 9.18 Å². The summed E-state index contributed by atoms with van der Waals surface area (Å²) in [6, 6.07) is 0. The summed E-state index contributed by atoms with van der Waals surface area (Å²) in [4.78, 5) is 9.73. The Morgan fingerprint density at radius 1 is 1.80 bits per heavy atom. The smallest absolute Gasteiger partial charge is 0.464 e. The molecule has 0 spiro atoms. The average molecular weight is 150 g/mol. The van der Waals surface area contributed by atoms with Crippen molar-refractivity contribution in [2.75, 3.05) is 6.61 Å². The van der Waals surface area contributed by atoms with E-state index in [-0.39, 0.29) is 12.9 Å². The van der Waals surface area contributed by atoms with Crippen molar-refractivity contribution in [3.8, 4) is 0 Å². The first-order valence-corrected chi connectivity index (χ1v) is 2.54. The summed E-state index contributed by atoms with van der Waals surface area (Å²) in [5, 5.41) is 7.93. The topological polar surface area (TPSA) is 55.8 Å². The summed E-state index contributed by atoms with van der Waals surface area (Å²) >= 11 is 0. The van der Waals surface area contributed by atoms with Crippen LogP contribution in [0.25, 0.3) is 0 Å². The molecule has 0 aliphatic heterocycles. The number of carbonyl (C=O) groups is 1. The predicted octanol–water partition coefficient (Wildman–Crippen LogP) is 1.49. The summed E-state index contributed by atoms with van der Waals surface area (Å²) < 4.78 is 19.7. The molecule has 1 N–H and O–H groups in total. The first-order chi connectivity index (χ1) is 4.70. The van der Waals surface area contributed by atoms with E-state index in [9.17, 15) is 9.18 Å². The van der Waals surface area contributed by atoms with Crippen molar-refractivity contribution in [3.05, 3.63) is 12.3 Å². The fourth-order valence-electron chi connectivity index (χ4n) is 0.312. The minimum atomic E-state index is -1.60. The molecule has 0 aromatic rings. The van der Waals surface area contributed by atoms with Crippen LogP contribution in [-0.2, 0) is 9.47 Å². The Kier molecular flexibility index (Phi) is 4.02. The summed E-state index contributed by atoms with van der Waals surface area (Å²) in [5.41, 5.74) is 0. The molecule has 0 fully saturated rings. The van der Waals surface area contributed by atoms with Gasteiger partial charge in [-0.1, -0.05) is 0 Å². The van der Waals surface area contributed by atoms with Crippen molar-refractivity contribution < 1.29 is 23.8 Å². The largest absolute Gasteiger partial charge is 0.513 e. The van der Waals surface area contributed by atoms with Gasteiger partial charge in [-0.25, -0.2) is 9.18 Å². The molecule has 0 radical (unpaired) electrons. The van der Waals surface area contributed by atoms with Gasteiger partial charge in [0.25, 0.3) is 0 Å². The second-order valence-corrected chi connectivity index (χ2v) is 1.23. The van der Waals surface area contributed by atoms with Gasteiger partial charge in [-0.2, -0.15) is 0 Å². The van der Waals surface area contributed by atoms with Crippen molar-refractivity contribution in [2.45, 2.75) is 6.92 Å². The lowest BCUT2D eigenvalue weighted by Gasteiger charge is -2.02. The second kappa shape index (κ2) is 4.60. The molecule has 4 nitrogen and oxygen atoms in total. The van der Waals surface area contributed by atoms with Gasteiger partial charge in [0.1, 0.15) is 0 Å². The number of halogens is 1. The highest BCUT2D eigenvalue weighted by molar-refractivity contribution is 5.58. The van der Waals surface area contributed by atoms with Crippen LogP contribution in [0.5, 0.6) is 0 Å². The fourth-order valence-corrected chi connectivity index (χ4v) is 0.312. The molecular formula is C5H7FO4. The zero-order chi connectivity index (χ0) is 7.98. The van der Waals surface area contributed by atoms with Crippen LogP contribution >= 0.6 is 0 Å². The Morgan fingerprint density at radius 2 is 2.40 bits per heavy atom. The first kappa shape index (κ1) is 8.74. The quantitative estimate of drug-likeness (QED) is 0.489. The van der Waals surface area contributed by atoms with E-state index in [0.717, 1.165) is 0 Å². The van der Waals surface area contributed by atoms with E-state index in [2.05, 4.69) is 9.47 Å². The molecule has 0 rings (SSSR count). The third-order valence-electron chi connectivity index (χ3n) is 0.564. The molecule has 58 valence electrons. The molecule has 0 aromatic heterocycles. The molecule has 0 bridgehead atoms. The van der Waals surface area contributed by atoms with E-state index in [1.54, 1.807) is 6.92 Å². The lowest BCUT2D eigenvalue weighted by atomic mass is 10.8. The molecule has 0 heterocycles. The van der Waals surface area contributed by atoms with Gasteiger partial charge in [0.15, 0.2) is 6.33 Å². The van der Waals surface area contributed by atoms with E-state index in [1.165, 1.54) is 0 Å². The zero-order valence-corrected chi connectivity index (χ0v) is 5.33. The predicted molar refractivity (Wildman–Crippen MR) is 29.9 cm³/mol. The minimum absolute atomic E-state index is 0.0579. The van der Waals surface area contributed by atoms with Crippen LogP contribution in [-0.4, -0.2) is 17.9 Å². The minimum Gasteiger partial charge on any atom is -0.464 e. The van der Waals surface area contributed by atoms with Crippen molar-refractivity contribution in [2.24, 2.45) is 0 Å². The maximum Gasteiger partial charge on any atom is 0.513 e. The molecule has 0 saturated heterocycles. The third kappa shape index (κ3) is 3.71. The van der Waals surface area contributed by atoms with Gasteiger partial charge < -0.3 is 14.6 Å². The highest BCUT2D eigenvalue weighted by Crippen LogP contribution is 1.99. The maximum atomic E-state index is 11.5. The van der Waals surface area contributed by atoms with Crippen molar-refractivity contribution in [1.82, 2.24) is 0 Å². The normalized spacial score (nSPS) is 10.8. The van der Waals surface area contributed by atoms with E-state index in [0.29, 0.717) is 0 Å². The molecule has 0 atom stereocenters. The van der Waals surface area contributed by atoms with Crippen molar-refractivity contribution in [3.63, 3.8) is 0 Å². The second-order valence-electron chi connectivity index (χ2n) is 1.23. The van der Waals surface area contributed by atoms with Gasteiger partial charge in [-0.3, -0.25) is 0 Å². The van der Waals surface area contributed by atoms with Gasteiger partial charge >= 0.3 is 12.1 Å². The Hall–Kier alpha value is -1.26. The fraction of sp³-hybridized carbons (Fsp3) is 0.400. The summed E-state index contributed by atoms with van der Waals surface area (Å²) in [6.07, 6.45) is -1.66. The lowest BCUT2D eigenvalue weighted by molar-refractivity contribution is 0.0398. The van der Waals surface area contributed by atoms with Crippen LogP contribution in [0, 0.1) is 0 Å². The van der Waals surface area contributed by atoms with Gasteiger partial charge in [-0.15, -0.1) is 0 Å². The van der Waals surface area contributed by atoms with Gasteiger partial charge in [0.2, 0.25) is 0 Å². The third-order valence-corrected chi connectivity index (χ3v) is 0.564. The number of rotatable bonds is 3. The average Bonchev–Trinajstić information content (AvgIpc) is 1.86. The van der Waals surface area contributed by atoms with Crippen LogP contribution in [0.1, 0.15) is 6.92 Å². The van der Waals surface area contributed by atoms with Crippen molar-refractivity contribution in [1.29, 1.82) is 0 Å². The summed E-state index contributed by atoms with van der Waals surface area (Å²) in [7, 11) is 0.